The van der Waals surface area contributed by atoms with Crippen LogP contribution in [0.3, 0.4) is 0 Å². The lowest BCUT2D eigenvalue weighted by molar-refractivity contribution is -0.149. The molecule has 0 saturated carbocycles. The number of halogens is 3. The Morgan fingerprint density at radius 2 is 1.65 bits per heavy atom. The van der Waals surface area contributed by atoms with Crippen molar-refractivity contribution in [3.05, 3.63) is 42.0 Å². The normalized spacial score (nSPS) is 13.1. The second-order valence-electron chi connectivity index (χ2n) is 6.73. The van der Waals surface area contributed by atoms with Crippen molar-refractivity contribution in [2.45, 2.75) is 64.1 Å². The Kier molecular flexibility index (Phi) is 7.76. The molecule has 2 aromatic carbocycles. The smallest absolute Gasteiger partial charge is 0.407 e. The van der Waals surface area contributed by atoms with Crippen LogP contribution in [0.4, 0.5) is 13.2 Å². The molecule has 0 spiro atoms. The van der Waals surface area contributed by atoms with Gasteiger partial charge >= 0.3 is 6.18 Å². The van der Waals surface area contributed by atoms with Crippen molar-refractivity contribution in [1.82, 2.24) is 0 Å². The van der Waals surface area contributed by atoms with E-state index < -0.39 is 12.2 Å². The minimum absolute atomic E-state index is 0.0528. The molecule has 0 radical (unpaired) electrons. The second-order valence-corrected chi connectivity index (χ2v) is 6.73. The summed E-state index contributed by atoms with van der Waals surface area (Å²) >= 11 is 0. The van der Waals surface area contributed by atoms with Crippen molar-refractivity contribution in [1.29, 1.82) is 0 Å². The molecular weight excluding hydrogens is 339 g/mol. The van der Waals surface area contributed by atoms with Crippen molar-refractivity contribution in [3.8, 4) is 5.75 Å². The molecular formula is C21H28F3NO. The molecule has 2 aromatic rings. The van der Waals surface area contributed by atoms with Crippen LogP contribution in [0.25, 0.3) is 10.8 Å². The summed E-state index contributed by atoms with van der Waals surface area (Å²) < 4.78 is 44.5. The van der Waals surface area contributed by atoms with E-state index in [0.717, 1.165) is 18.2 Å². The van der Waals surface area contributed by atoms with Gasteiger partial charge in [0.2, 0.25) is 0 Å². The van der Waals surface area contributed by atoms with E-state index in [4.69, 9.17) is 10.5 Å². The summed E-state index contributed by atoms with van der Waals surface area (Å²) in [6.07, 6.45) is 3.86. The van der Waals surface area contributed by atoms with E-state index >= 15 is 0 Å². The minimum Gasteiger partial charge on any atom is -0.493 e. The highest BCUT2D eigenvalue weighted by Crippen LogP contribution is 2.34. The van der Waals surface area contributed by atoms with E-state index in [1.807, 2.05) is 12.1 Å². The molecule has 0 aromatic heterocycles. The van der Waals surface area contributed by atoms with Gasteiger partial charge < -0.3 is 10.5 Å². The zero-order chi connectivity index (χ0) is 19.0. The Morgan fingerprint density at radius 3 is 2.35 bits per heavy atom. The van der Waals surface area contributed by atoms with Crippen LogP contribution >= 0.6 is 0 Å². The zero-order valence-electron chi connectivity index (χ0n) is 15.3. The number of hydrogen-bond donors (Lipinski definition) is 1. The van der Waals surface area contributed by atoms with Gasteiger partial charge in [0.15, 0.2) is 0 Å². The summed E-state index contributed by atoms with van der Waals surface area (Å²) in [4.78, 5) is 0. The molecule has 2 N–H and O–H groups in total. The third-order valence-electron chi connectivity index (χ3n) is 4.58. The highest BCUT2D eigenvalue weighted by molar-refractivity contribution is 5.89. The average Bonchev–Trinajstić information content (AvgIpc) is 2.62. The number of alkyl halides is 3. The monoisotopic (exact) mass is 367 g/mol. The summed E-state index contributed by atoms with van der Waals surface area (Å²) in [6.45, 7) is 2.77. The zero-order valence-corrected chi connectivity index (χ0v) is 15.3. The van der Waals surface area contributed by atoms with Gasteiger partial charge in [0.25, 0.3) is 0 Å². The molecule has 0 aliphatic carbocycles. The number of rotatable bonds is 10. The van der Waals surface area contributed by atoms with Gasteiger partial charge in [-0.05, 0) is 29.5 Å². The molecule has 5 heteroatoms. The molecule has 2 nitrogen and oxygen atoms in total. The first-order chi connectivity index (χ1) is 12.4. The fraction of sp³-hybridized carbons (Fsp3) is 0.524. The van der Waals surface area contributed by atoms with Gasteiger partial charge in [-0.25, -0.2) is 0 Å². The molecule has 0 aliphatic heterocycles. The molecule has 0 heterocycles. The Hall–Kier alpha value is -1.75. The number of unbranched alkanes of at least 4 members (excludes halogenated alkanes) is 6. The van der Waals surface area contributed by atoms with Gasteiger partial charge in [0.05, 0.1) is 6.61 Å². The number of benzene rings is 2. The molecule has 0 unspecified atom stereocenters. The Bertz CT molecular complexity index is 685. The number of nitrogens with two attached hydrogens (primary N) is 1. The molecule has 0 saturated heterocycles. The van der Waals surface area contributed by atoms with Crippen molar-refractivity contribution in [3.63, 3.8) is 0 Å². The van der Waals surface area contributed by atoms with Crippen molar-refractivity contribution in [2.75, 3.05) is 6.61 Å². The number of ether oxygens (including phenoxy) is 1. The predicted octanol–water partition coefficient (Wildman–Crippen LogP) is 6.53. The standard InChI is InChI=1S/C21H28F3NO/c1-2-3-4-5-6-7-8-14-26-19-11-9-10-16-12-13-17(15-18(16)19)20(25)21(22,23)24/h9-13,15,20H,2-8,14,25H2,1H3/t20-/m0/s1. The third-order valence-corrected chi connectivity index (χ3v) is 4.58. The van der Waals surface area contributed by atoms with Crippen LogP contribution in [-0.4, -0.2) is 12.8 Å². The van der Waals surface area contributed by atoms with Gasteiger partial charge in [0.1, 0.15) is 11.8 Å². The molecule has 144 valence electrons. The largest absolute Gasteiger partial charge is 0.493 e. The maximum absolute atomic E-state index is 12.9. The third kappa shape index (κ3) is 5.90. The molecule has 26 heavy (non-hydrogen) atoms. The van der Waals surface area contributed by atoms with Gasteiger partial charge in [-0.3, -0.25) is 0 Å². The molecule has 1 atom stereocenters. The lowest BCUT2D eigenvalue weighted by atomic mass is 10.0. The molecule has 0 fully saturated rings. The first-order valence-corrected chi connectivity index (χ1v) is 9.41. The molecule has 2 rings (SSSR count). The highest BCUT2D eigenvalue weighted by atomic mass is 19.4. The van der Waals surface area contributed by atoms with Crippen LogP contribution in [0.15, 0.2) is 36.4 Å². The highest BCUT2D eigenvalue weighted by Gasteiger charge is 2.37. The minimum atomic E-state index is -4.46. The van der Waals surface area contributed by atoms with Crippen LogP contribution in [0, 0.1) is 0 Å². The molecule has 0 bridgehead atoms. The van der Waals surface area contributed by atoms with Crippen molar-refractivity contribution in [2.24, 2.45) is 5.73 Å². The van der Waals surface area contributed by atoms with Crippen molar-refractivity contribution < 1.29 is 17.9 Å². The van der Waals surface area contributed by atoms with Gasteiger partial charge in [-0.15, -0.1) is 0 Å². The summed E-state index contributed by atoms with van der Waals surface area (Å²) in [5.41, 5.74) is 5.39. The van der Waals surface area contributed by atoms with Gasteiger partial charge in [-0.1, -0.05) is 69.7 Å². The molecule has 0 amide bonds. The van der Waals surface area contributed by atoms with Crippen LogP contribution in [-0.2, 0) is 0 Å². The Morgan fingerprint density at radius 1 is 0.962 bits per heavy atom. The van der Waals surface area contributed by atoms with Crippen molar-refractivity contribution >= 4 is 10.8 Å². The second kappa shape index (κ2) is 9.81. The topological polar surface area (TPSA) is 35.2 Å². The van der Waals surface area contributed by atoms with E-state index in [9.17, 15) is 13.2 Å². The summed E-state index contributed by atoms with van der Waals surface area (Å²) in [5, 5.41) is 1.52. The van der Waals surface area contributed by atoms with E-state index in [1.165, 1.54) is 44.2 Å². The summed E-state index contributed by atoms with van der Waals surface area (Å²) in [7, 11) is 0. The quantitative estimate of drug-likeness (QED) is 0.484. The lowest BCUT2D eigenvalue weighted by Crippen LogP contribution is -2.28. The lowest BCUT2D eigenvalue weighted by Gasteiger charge is -2.17. The first-order valence-electron chi connectivity index (χ1n) is 9.41. The fourth-order valence-corrected chi connectivity index (χ4v) is 3.01. The van der Waals surface area contributed by atoms with E-state index in [2.05, 4.69) is 6.92 Å². The van der Waals surface area contributed by atoms with Crippen LogP contribution in [0.1, 0.15) is 63.5 Å². The summed E-state index contributed by atoms with van der Waals surface area (Å²) in [6, 6.07) is 8.12. The maximum Gasteiger partial charge on any atom is 0.407 e. The number of hydrogen-bond acceptors (Lipinski definition) is 2. The van der Waals surface area contributed by atoms with E-state index in [0.29, 0.717) is 17.7 Å². The van der Waals surface area contributed by atoms with E-state index in [-0.39, 0.29) is 5.56 Å². The number of fused-ring (bicyclic) bond motifs is 1. The van der Waals surface area contributed by atoms with Gasteiger partial charge in [-0.2, -0.15) is 13.2 Å². The molecule has 0 aliphatic rings. The van der Waals surface area contributed by atoms with Crippen LogP contribution < -0.4 is 10.5 Å². The maximum atomic E-state index is 12.9. The Labute approximate surface area is 153 Å². The average molecular weight is 367 g/mol. The fourth-order valence-electron chi connectivity index (χ4n) is 3.01. The predicted molar refractivity (Wildman–Crippen MR) is 100 cm³/mol. The van der Waals surface area contributed by atoms with Gasteiger partial charge in [0, 0.05) is 5.39 Å². The SMILES string of the molecule is CCCCCCCCCOc1cccc2ccc([C@H](N)C(F)(F)F)cc12. The summed E-state index contributed by atoms with van der Waals surface area (Å²) in [5.74, 6) is 0.615. The van der Waals surface area contributed by atoms with Crippen LogP contribution in [0.5, 0.6) is 5.75 Å². The first kappa shape index (κ1) is 20.6. The Balaban J connectivity index is 1.97. The van der Waals surface area contributed by atoms with Crippen LogP contribution in [0.2, 0.25) is 0 Å². The van der Waals surface area contributed by atoms with E-state index in [1.54, 1.807) is 12.1 Å².